The number of nitrogens with one attached hydrogen (secondary N) is 1. The van der Waals surface area contributed by atoms with Gasteiger partial charge in [0, 0.05) is 11.8 Å². The summed E-state index contributed by atoms with van der Waals surface area (Å²) in [5.74, 6) is -0.413. The van der Waals surface area contributed by atoms with Crippen LogP contribution in [0.3, 0.4) is 0 Å². The Morgan fingerprint density at radius 1 is 1.50 bits per heavy atom. The standard InChI is InChI=1S/C7H8FNO/c1-4-3-9-7(10)5(2)6(4)8/h3H,1-2H3,(H,9,10). The molecule has 1 rings (SSSR count). The van der Waals surface area contributed by atoms with Crippen LogP contribution in [0.1, 0.15) is 11.1 Å². The third kappa shape index (κ3) is 0.943. The van der Waals surface area contributed by atoms with Gasteiger partial charge in [0.2, 0.25) is 0 Å². The van der Waals surface area contributed by atoms with Gasteiger partial charge >= 0.3 is 0 Å². The monoisotopic (exact) mass is 141 g/mol. The minimum absolute atomic E-state index is 0.153. The summed E-state index contributed by atoms with van der Waals surface area (Å²) in [6, 6.07) is 0. The van der Waals surface area contributed by atoms with Crippen molar-refractivity contribution < 1.29 is 4.39 Å². The van der Waals surface area contributed by atoms with Gasteiger partial charge in [0.05, 0.1) is 5.56 Å². The number of rotatable bonds is 0. The molecule has 0 spiro atoms. The fraction of sp³-hybridized carbons (Fsp3) is 0.286. The molecular formula is C7H8FNO. The van der Waals surface area contributed by atoms with Crippen molar-refractivity contribution >= 4 is 0 Å². The molecule has 0 aliphatic heterocycles. The summed E-state index contributed by atoms with van der Waals surface area (Å²) in [4.78, 5) is 13.1. The summed E-state index contributed by atoms with van der Waals surface area (Å²) >= 11 is 0. The van der Waals surface area contributed by atoms with Crippen LogP contribution in [0.2, 0.25) is 0 Å². The van der Waals surface area contributed by atoms with Gasteiger partial charge in [-0.2, -0.15) is 0 Å². The third-order valence-electron chi connectivity index (χ3n) is 1.44. The molecule has 0 fully saturated rings. The van der Waals surface area contributed by atoms with Crippen molar-refractivity contribution in [3.63, 3.8) is 0 Å². The molecule has 0 atom stereocenters. The molecule has 0 unspecified atom stereocenters. The van der Waals surface area contributed by atoms with Gasteiger partial charge in [-0.15, -0.1) is 0 Å². The van der Waals surface area contributed by atoms with Crippen molar-refractivity contribution in [2.75, 3.05) is 0 Å². The molecule has 0 aromatic carbocycles. The first-order valence-corrected chi connectivity index (χ1v) is 2.97. The SMILES string of the molecule is Cc1c[nH]c(=O)c(C)c1F. The minimum Gasteiger partial charge on any atom is -0.328 e. The molecule has 0 radical (unpaired) electrons. The maximum Gasteiger partial charge on any atom is 0.253 e. The highest BCUT2D eigenvalue weighted by Gasteiger charge is 2.02. The van der Waals surface area contributed by atoms with E-state index in [1.165, 1.54) is 13.1 Å². The highest BCUT2D eigenvalue weighted by atomic mass is 19.1. The highest BCUT2D eigenvalue weighted by Crippen LogP contribution is 2.03. The molecule has 54 valence electrons. The van der Waals surface area contributed by atoms with E-state index in [4.69, 9.17) is 0 Å². The lowest BCUT2D eigenvalue weighted by Gasteiger charge is -1.96. The molecule has 1 aromatic heterocycles. The van der Waals surface area contributed by atoms with E-state index < -0.39 is 5.82 Å². The van der Waals surface area contributed by atoms with E-state index >= 15 is 0 Å². The first-order chi connectivity index (χ1) is 4.63. The largest absolute Gasteiger partial charge is 0.328 e. The average molecular weight is 141 g/mol. The first-order valence-electron chi connectivity index (χ1n) is 2.97. The Morgan fingerprint density at radius 3 is 2.60 bits per heavy atom. The van der Waals surface area contributed by atoms with E-state index in [0.717, 1.165) is 0 Å². The van der Waals surface area contributed by atoms with Crippen LogP contribution in [-0.2, 0) is 0 Å². The Morgan fingerprint density at radius 2 is 2.10 bits per heavy atom. The van der Waals surface area contributed by atoms with Crippen molar-refractivity contribution in [1.82, 2.24) is 4.98 Å². The molecule has 0 saturated heterocycles. The van der Waals surface area contributed by atoms with Gasteiger partial charge in [-0.3, -0.25) is 4.79 Å². The Bertz CT molecular complexity index is 303. The molecule has 1 N–H and O–H groups in total. The van der Waals surface area contributed by atoms with Gasteiger partial charge in [-0.1, -0.05) is 0 Å². The smallest absolute Gasteiger partial charge is 0.253 e. The Hall–Kier alpha value is -1.12. The molecule has 3 heteroatoms. The van der Waals surface area contributed by atoms with Gasteiger partial charge in [0.1, 0.15) is 5.82 Å². The molecule has 10 heavy (non-hydrogen) atoms. The number of pyridine rings is 1. The van der Waals surface area contributed by atoms with Crippen molar-refractivity contribution in [3.05, 3.63) is 33.5 Å². The number of hydrogen-bond donors (Lipinski definition) is 1. The third-order valence-corrected chi connectivity index (χ3v) is 1.44. The predicted octanol–water partition coefficient (Wildman–Crippen LogP) is 1.13. The maximum atomic E-state index is 12.8. The van der Waals surface area contributed by atoms with Crippen LogP contribution < -0.4 is 5.56 Å². The van der Waals surface area contributed by atoms with Crippen LogP contribution in [0.25, 0.3) is 0 Å². The average Bonchev–Trinajstić information content (AvgIpc) is 1.93. The fourth-order valence-corrected chi connectivity index (χ4v) is 0.741. The van der Waals surface area contributed by atoms with Crippen molar-refractivity contribution in [2.45, 2.75) is 13.8 Å². The molecule has 0 aliphatic carbocycles. The second kappa shape index (κ2) is 2.25. The molecule has 0 bridgehead atoms. The Kier molecular flexibility index (Phi) is 1.57. The summed E-state index contributed by atoms with van der Waals surface area (Å²) in [6.07, 6.45) is 1.37. The van der Waals surface area contributed by atoms with Gasteiger partial charge in [0.15, 0.2) is 0 Å². The second-order valence-electron chi connectivity index (χ2n) is 2.24. The first kappa shape index (κ1) is 6.99. The van der Waals surface area contributed by atoms with E-state index in [9.17, 15) is 9.18 Å². The van der Waals surface area contributed by atoms with Crippen LogP contribution in [0, 0.1) is 19.7 Å². The predicted molar refractivity (Wildman–Crippen MR) is 36.5 cm³/mol. The quantitative estimate of drug-likeness (QED) is 0.577. The molecule has 2 nitrogen and oxygen atoms in total. The molecule has 0 saturated carbocycles. The lowest BCUT2D eigenvalue weighted by molar-refractivity contribution is 0.603. The lowest BCUT2D eigenvalue weighted by atomic mass is 10.2. The molecule has 0 amide bonds. The number of hydrogen-bond acceptors (Lipinski definition) is 1. The zero-order chi connectivity index (χ0) is 7.72. The Balaban J connectivity index is 3.49. The highest BCUT2D eigenvalue weighted by molar-refractivity contribution is 5.17. The summed E-state index contributed by atoms with van der Waals surface area (Å²) in [5, 5.41) is 0. The van der Waals surface area contributed by atoms with Crippen molar-refractivity contribution in [2.24, 2.45) is 0 Å². The normalized spacial score (nSPS) is 9.90. The topological polar surface area (TPSA) is 32.9 Å². The summed E-state index contributed by atoms with van der Waals surface area (Å²) in [7, 11) is 0. The second-order valence-corrected chi connectivity index (χ2v) is 2.24. The van der Waals surface area contributed by atoms with Crippen molar-refractivity contribution in [3.8, 4) is 0 Å². The minimum atomic E-state index is -0.413. The lowest BCUT2D eigenvalue weighted by Crippen LogP contribution is -2.11. The number of aryl methyl sites for hydroxylation is 1. The van der Waals surface area contributed by atoms with Crippen LogP contribution in [0.15, 0.2) is 11.0 Å². The number of aromatic nitrogens is 1. The zero-order valence-corrected chi connectivity index (χ0v) is 5.86. The number of halogens is 1. The van der Waals surface area contributed by atoms with E-state index in [-0.39, 0.29) is 11.1 Å². The van der Waals surface area contributed by atoms with Gasteiger partial charge in [-0.25, -0.2) is 4.39 Å². The van der Waals surface area contributed by atoms with E-state index in [0.29, 0.717) is 5.56 Å². The van der Waals surface area contributed by atoms with Crippen LogP contribution in [0.4, 0.5) is 4.39 Å². The van der Waals surface area contributed by atoms with Crippen LogP contribution in [0.5, 0.6) is 0 Å². The van der Waals surface area contributed by atoms with E-state index in [1.807, 2.05) is 0 Å². The summed E-state index contributed by atoms with van der Waals surface area (Å²) in [6.45, 7) is 3.07. The Labute approximate surface area is 57.7 Å². The van der Waals surface area contributed by atoms with E-state index in [1.54, 1.807) is 6.92 Å². The van der Waals surface area contributed by atoms with Gasteiger partial charge in [0.25, 0.3) is 5.56 Å². The molecular weight excluding hydrogens is 133 g/mol. The number of H-pyrrole nitrogens is 1. The molecule has 1 heterocycles. The van der Waals surface area contributed by atoms with Gasteiger partial charge < -0.3 is 4.98 Å². The maximum absolute atomic E-state index is 12.8. The summed E-state index contributed by atoms with van der Waals surface area (Å²) in [5.41, 5.74) is 0.264. The molecule has 1 aromatic rings. The van der Waals surface area contributed by atoms with Crippen LogP contribution in [-0.4, -0.2) is 4.98 Å². The number of aromatic amines is 1. The molecule has 0 aliphatic rings. The van der Waals surface area contributed by atoms with E-state index in [2.05, 4.69) is 4.98 Å². The van der Waals surface area contributed by atoms with Crippen LogP contribution >= 0.6 is 0 Å². The fourth-order valence-electron chi connectivity index (χ4n) is 0.741. The summed E-state index contributed by atoms with van der Waals surface area (Å²) < 4.78 is 12.8. The zero-order valence-electron chi connectivity index (χ0n) is 5.86. The van der Waals surface area contributed by atoms with Crippen molar-refractivity contribution in [1.29, 1.82) is 0 Å². The van der Waals surface area contributed by atoms with Gasteiger partial charge in [-0.05, 0) is 13.8 Å².